The Morgan fingerprint density at radius 2 is 2.00 bits per heavy atom. The van der Waals surface area contributed by atoms with E-state index in [0.717, 1.165) is 5.56 Å². The van der Waals surface area contributed by atoms with Gasteiger partial charge in [0.25, 0.3) is 5.91 Å². The van der Waals surface area contributed by atoms with Gasteiger partial charge in [-0.2, -0.15) is 11.8 Å². The number of carbonyl (C=O) groups excluding carboxylic acids is 1. The van der Waals surface area contributed by atoms with Crippen LogP contribution in [0.3, 0.4) is 0 Å². The van der Waals surface area contributed by atoms with Gasteiger partial charge in [-0.1, -0.05) is 42.3 Å². The molecule has 0 aliphatic carbocycles. The van der Waals surface area contributed by atoms with Crippen LogP contribution < -0.4 is 10.1 Å². The largest absolute Gasteiger partial charge is 0.481 e. The summed E-state index contributed by atoms with van der Waals surface area (Å²) in [5.41, 5.74) is 1.64. The van der Waals surface area contributed by atoms with E-state index in [-0.39, 0.29) is 11.7 Å². The molecule has 0 unspecified atom stereocenters. The second-order valence-corrected chi connectivity index (χ2v) is 7.38. The maximum atomic E-state index is 13.7. The minimum Gasteiger partial charge on any atom is -0.481 e. The Bertz CT molecular complexity index is 704. The lowest BCUT2D eigenvalue weighted by Crippen LogP contribution is -2.39. The predicted octanol–water partition coefficient (Wildman–Crippen LogP) is 4.99. The fourth-order valence-electron chi connectivity index (χ4n) is 2.31. The fraction of sp³-hybridized carbons (Fsp3) is 0.350. The van der Waals surface area contributed by atoms with Gasteiger partial charge in [-0.3, -0.25) is 4.79 Å². The van der Waals surface area contributed by atoms with Crippen molar-refractivity contribution < 1.29 is 13.9 Å². The highest BCUT2D eigenvalue weighted by Gasteiger charge is 2.17. The number of thioether (sulfide) groups is 1. The molecule has 2 aromatic rings. The van der Waals surface area contributed by atoms with E-state index in [1.807, 2.05) is 38.1 Å². The van der Waals surface area contributed by atoms with E-state index in [2.05, 4.69) is 5.32 Å². The molecule has 26 heavy (non-hydrogen) atoms. The highest BCUT2D eigenvalue weighted by molar-refractivity contribution is 7.98. The first kappa shape index (κ1) is 20.6. The summed E-state index contributed by atoms with van der Waals surface area (Å²) in [5, 5.41) is 3.30. The average molecular weight is 396 g/mol. The van der Waals surface area contributed by atoms with Gasteiger partial charge in [0, 0.05) is 28.6 Å². The van der Waals surface area contributed by atoms with E-state index < -0.39 is 6.10 Å². The van der Waals surface area contributed by atoms with Gasteiger partial charge in [-0.15, -0.1) is 0 Å². The smallest absolute Gasteiger partial charge is 0.261 e. The maximum Gasteiger partial charge on any atom is 0.261 e. The van der Waals surface area contributed by atoms with Gasteiger partial charge >= 0.3 is 0 Å². The number of halogens is 2. The predicted molar refractivity (Wildman–Crippen MR) is 106 cm³/mol. The van der Waals surface area contributed by atoms with Crippen LogP contribution in [0.25, 0.3) is 0 Å². The average Bonchev–Trinajstić information content (AvgIpc) is 2.63. The summed E-state index contributed by atoms with van der Waals surface area (Å²) >= 11 is 7.52. The third-order valence-corrected chi connectivity index (χ3v) is 5.16. The second kappa shape index (κ2) is 10.4. The summed E-state index contributed by atoms with van der Waals surface area (Å²) < 4.78 is 19.4. The summed E-state index contributed by atoms with van der Waals surface area (Å²) in [6.45, 7) is 4.40. The maximum absolute atomic E-state index is 13.7. The third-order valence-electron chi connectivity index (χ3n) is 3.82. The summed E-state index contributed by atoms with van der Waals surface area (Å²) in [6.07, 6.45) is 0.0567. The molecule has 3 nitrogen and oxygen atoms in total. The third kappa shape index (κ3) is 6.22. The molecule has 1 atom stereocenters. The lowest BCUT2D eigenvalue weighted by molar-refractivity contribution is -0.127. The van der Waals surface area contributed by atoms with Crippen LogP contribution in [0.1, 0.15) is 24.5 Å². The molecule has 2 rings (SSSR count). The molecule has 0 fully saturated rings. The van der Waals surface area contributed by atoms with Crippen molar-refractivity contribution in [1.29, 1.82) is 0 Å². The van der Waals surface area contributed by atoms with Gasteiger partial charge in [0.2, 0.25) is 0 Å². The number of amides is 1. The Morgan fingerprint density at radius 3 is 2.65 bits per heavy atom. The summed E-state index contributed by atoms with van der Waals surface area (Å²) in [5.74, 6) is 1.38. The quantitative estimate of drug-likeness (QED) is 0.607. The fourth-order valence-corrected chi connectivity index (χ4v) is 3.51. The Hall–Kier alpha value is -1.72. The molecule has 0 saturated heterocycles. The molecule has 0 radical (unpaired) electrons. The van der Waals surface area contributed by atoms with Gasteiger partial charge in [0.1, 0.15) is 11.6 Å². The first-order valence-electron chi connectivity index (χ1n) is 8.53. The van der Waals surface area contributed by atoms with Gasteiger partial charge in [-0.05, 0) is 37.6 Å². The van der Waals surface area contributed by atoms with E-state index in [9.17, 15) is 9.18 Å². The van der Waals surface area contributed by atoms with Gasteiger partial charge in [0.05, 0.1) is 0 Å². The van der Waals surface area contributed by atoms with Crippen LogP contribution in [0.15, 0.2) is 42.5 Å². The molecular formula is C20H23ClFNO2S. The van der Waals surface area contributed by atoms with Crippen LogP contribution in [0.5, 0.6) is 5.75 Å². The van der Waals surface area contributed by atoms with Gasteiger partial charge in [0.15, 0.2) is 6.10 Å². The van der Waals surface area contributed by atoms with Crippen molar-refractivity contribution in [2.75, 3.05) is 12.3 Å². The monoisotopic (exact) mass is 395 g/mol. The van der Waals surface area contributed by atoms with Crippen molar-refractivity contribution in [3.05, 3.63) is 64.4 Å². The molecule has 0 spiro atoms. The first-order chi connectivity index (χ1) is 12.5. The molecule has 0 bridgehead atoms. The molecule has 6 heteroatoms. The van der Waals surface area contributed by atoms with Crippen LogP contribution in [0.4, 0.5) is 4.39 Å². The van der Waals surface area contributed by atoms with Crippen molar-refractivity contribution in [2.24, 2.45) is 0 Å². The number of hydrogen-bond donors (Lipinski definition) is 1. The normalized spacial score (nSPS) is 11.8. The highest BCUT2D eigenvalue weighted by Crippen LogP contribution is 2.23. The standard InChI is InChI=1S/C20H23ClFNO2S/c1-3-19(25-15-9-7-14(2)8-10-15)20(24)23-11-12-26-13-16-17(21)5-4-6-18(16)22/h4-10,19H,3,11-13H2,1-2H3,(H,23,24)/t19-/m0/s1. The van der Waals surface area contributed by atoms with E-state index in [1.165, 1.54) is 17.8 Å². The van der Waals surface area contributed by atoms with Crippen molar-refractivity contribution >= 4 is 29.3 Å². The number of benzene rings is 2. The highest BCUT2D eigenvalue weighted by atomic mass is 35.5. The number of nitrogens with one attached hydrogen (secondary N) is 1. The summed E-state index contributed by atoms with van der Waals surface area (Å²) in [4.78, 5) is 12.3. The lowest BCUT2D eigenvalue weighted by Gasteiger charge is -2.17. The number of ether oxygens (including phenoxy) is 1. The van der Waals surface area contributed by atoms with E-state index in [1.54, 1.807) is 12.1 Å². The molecule has 0 saturated carbocycles. The molecule has 0 aliphatic rings. The van der Waals surface area contributed by atoms with Crippen molar-refractivity contribution in [3.63, 3.8) is 0 Å². The molecule has 1 N–H and O–H groups in total. The van der Waals surface area contributed by atoms with Crippen molar-refractivity contribution in [2.45, 2.75) is 32.1 Å². The Morgan fingerprint density at radius 1 is 1.27 bits per heavy atom. The zero-order chi connectivity index (χ0) is 18.9. The minimum absolute atomic E-state index is 0.141. The van der Waals surface area contributed by atoms with Crippen LogP contribution >= 0.6 is 23.4 Å². The Labute approximate surface area is 163 Å². The zero-order valence-corrected chi connectivity index (χ0v) is 16.5. The molecule has 0 aliphatic heterocycles. The van der Waals surface area contributed by atoms with E-state index in [0.29, 0.717) is 40.8 Å². The van der Waals surface area contributed by atoms with Crippen LogP contribution in [0.2, 0.25) is 5.02 Å². The van der Waals surface area contributed by atoms with Crippen molar-refractivity contribution in [1.82, 2.24) is 5.32 Å². The number of carbonyl (C=O) groups is 1. The Kier molecular flexibility index (Phi) is 8.26. The first-order valence-corrected chi connectivity index (χ1v) is 10.1. The molecular weight excluding hydrogens is 373 g/mol. The van der Waals surface area contributed by atoms with Gasteiger partial charge < -0.3 is 10.1 Å². The van der Waals surface area contributed by atoms with Crippen LogP contribution in [-0.4, -0.2) is 24.3 Å². The lowest BCUT2D eigenvalue weighted by atomic mass is 10.2. The number of rotatable bonds is 9. The minimum atomic E-state index is -0.524. The Balaban J connectivity index is 1.73. The summed E-state index contributed by atoms with van der Waals surface area (Å²) in [7, 11) is 0. The van der Waals surface area contributed by atoms with Gasteiger partial charge in [-0.25, -0.2) is 4.39 Å². The molecule has 1 amide bonds. The number of hydrogen-bond acceptors (Lipinski definition) is 3. The van der Waals surface area contributed by atoms with E-state index in [4.69, 9.17) is 16.3 Å². The molecule has 0 heterocycles. The molecule has 0 aromatic heterocycles. The summed E-state index contributed by atoms with van der Waals surface area (Å²) in [6, 6.07) is 12.3. The van der Waals surface area contributed by atoms with E-state index >= 15 is 0 Å². The second-order valence-electron chi connectivity index (χ2n) is 5.87. The molecule has 2 aromatic carbocycles. The number of aryl methyl sites for hydroxylation is 1. The van der Waals surface area contributed by atoms with Crippen LogP contribution in [-0.2, 0) is 10.5 Å². The SMILES string of the molecule is CC[C@H](Oc1ccc(C)cc1)C(=O)NCCSCc1c(F)cccc1Cl. The zero-order valence-electron chi connectivity index (χ0n) is 14.9. The topological polar surface area (TPSA) is 38.3 Å². The van der Waals surface area contributed by atoms with Crippen LogP contribution in [0, 0.1) is 12.7 Å². The van der Waals surface area contributed by atoms with Crippen molar-refractivity contribution in [3.8, 4) is 5.75 Å². The molecule has 140 valence electrons.